The monoisotopic (exact) mass is 435 g/mol. The van der Waals surface area contributed by atoms with Crippen LogP contribution in [0.5, 0.6) is 0 Å². The molecule has 30 heavy (non-hydrogen) atoms. The number of benzene rings is 1. The van der Waals surface area contributed by atoms with Gasteiger partial charge in [0.05, 0.1) is 23.6 Å². The number of nitrogens with zero attached hydrogens (tertiary/aromatic N) is 3. The first-order chi connectivity index (χ1) is 14.3. The Balaban J connectivity index is 1.34. The number of sulfonamides is 1. The number of morpholine rings is 1. The molecule has 0 N–H and O–H groups in total. The number of carbonyl (C=O) groups excluding carboxylic acids is 1. The van der Waals surface area contributed by atoms with E-state index in [-0.39, 0.29) is 23.9 Å². The number of likely N-dealkylation sites (tertiary alicyclic amines) is 1. The first kappa shape index (κ1) is 21.6. The number of carbonyl (C=O) groups is 1. The second kappa shape index (κ2) is 8.85. The lowest BCUT2D eigenvalue weighted by Gasteiger charge is -2.39. The van der Waals surface area contributed by atoms with Crippen molar-refractivity contribution < 1.29 is 17.9 Å². The highest BCUT2D eigenvalue weighted by Crippen LogP contribution is 2.26. The normalized spacial score (nSPS) is 28.1. The van der Waals surface area contributed by atoms with Gasteiger partial charge in [-0.2, -0.15) is 0 Å². The predicted octanol–water partition coefficient (Wildman–Crippen LogP) is 2.19. The molecule has 3 aliphatic rings. The molecule has 3 heterocycles. The molecule has 0 spiro atoms. The summed E-state index contributed by atoms with van der Waals surface area (Å²) in [5.41, 5.74) is 1.17. The standard InChI is InChI=1S/C22H33N3O4S/c1-17-14-23(15-18(2)29-17)16-19-7-10-24(11-8-19)22(26)20-5-3-6-21(13-20)25-9-4-12-30(25,27)28/h3,5-6,13,17-19H,4,7-12,14-16H2,1-2H3. The lowest BCUT2D eigenvalue weighted by molar-refractivity contribution is -0.0728. The summed E-state index contributed by atoms with van der Waals surface area (Å²) in [6, 6.07) is 7.07. The highest BCUT2D eigenvalue weighted by atomic mass is 32.2. The second-order valence-electron chi connectivity index (χ2n) is 9.00. The molecule has 0 aliphatic carbocycles. The molecule has 7 nitrogen and oxygen atoms in total. The van der Waals surface area contributed by atoms with E-state index in [1.54, 1.807) is 24.3 Å². The van der Waals surface area contributed by atoms with Crippen molar-refractivity contribution in [3.8, 4) is 0 Å². The van der Waals surface area contributed by atoms with Crippen LogP contribution in [-0.4, -0.2) is 81.4 Å². The van der Waals surface area contributed by atoms with E-state index in [9.17, 15) is 13.2 Å². The molecule has 4 rings (SSSR count). The molecule has 2 unspecified atom stereocenters. The molecule has 2 atom stereocenters. The minimum atomic E-state index is -3.24. The average Bonchev–Trinajstić information content (AvgIpc) is 3.06. The molecule has 1 aromatic rings. The summed E-state index contributed by atoms with van der Waals surface area (Å²) in [4.78, 5) is 17.5. The summed E-state index contributed by atoms with van der Waals surface area (Å²) in [5.74, 6) is 0.785. The van der Waals surface area contributed by atoms with Crippen molar-refractivity contribution in [2.45, 2.75) is 45.3 Å². The van der Waals surface area contributed by atoms with E-state index in [0.29, 0.717) is 30.1 Å². The van der Waals surface area contributed by atoms with Gasteiger partial charge in [0.25, 0.3) is 5.91 Å². The van der Waals surface area contributed by atoms with Gasteiger partial charge in [0.1, 0.15) is 0 Å². The van der Waals surface area contributed by atoms with Gasteiger partial charge in [0.2, 0.25) is 10.0 Å². The second-order valence-corrected chi connectivity index (χ2v) is 11.0. The van der Waals surface area contributed by atoms with Crippen molar-refractivity contribution >= 4 is 21.6 Å². The van der Waals surface area contributed by atoms with Crippen molar-refractivity contribution in [2.24, 2.45) is 5.92 Å². The van der Waals surface area contributed by atoms with Gasteiger partial charge in [-0.05, 0) is 57.2 Å². The first-order valence-corrected chi connectivity index (χ1v) is 12.7. The van der Waals surface area contributed by atoms with E-state index >= 15 is 0 Å². The Morgan fingerprint density at radius 1 is 1.10 bits per heavy atom. The van der Waals surface area contributed by atoms with Crippen LogP contribution < -0.4 is 4.31 Å². The molecule has 8 heteroatoms. The maximum Gasteiger partial charge on any atom is 0.253 e. The SMILES string of the molecule is CC1CN(CC2CCN(C(=O)c3cccc(N4CCCS4(=O)=O)c3)CC2)CC(C)O1. The van der Waals surface area contributed by atoms with Crippen LogP contribution in [0.1, 0.15) is 43.5 Å². The fraction of sp³-hybridized carbons (Fsp3) is 0.682. The van der Waals surface area contributed by atoms with Crippen molar-refractivity contribution in [3.05, 3.63) is 29.8 Å². The lowest BCUT2D eigenvalue weighted by Crippen LogP contribution is -2.48. The Morgan fingerprint density at radius 3 is 2.43 bits per heavy atom. The number of piperidine rings is 1. The highest BCUT2D eigenvalue weighted by molar-refractivity contribution is 7.93. The number of amides is 1. The molecule has 0 aromatic heterocycles. The van der Waals surface area contributed by atoms with Gasteiger partial charge in [-0.15, -0.1) is 0 Å². The number of ether oxygens (including phenoxy) is 1. The van der Waals surface area contributed by atoms with Crippen LogP contribution >= 0.6 is 0 Å². The Morgan fingerprint density at radius 2 is 1.80 bits per heavy atom. The molecule has 1 aromatic carbocycles. The van der Waals surface area contributed by atoms with E-state index in [2.05, 4.69) is 18.7 Å². The first-order valence-electron chi connectivity index (χ1n) is 11.1. The third kappa shape index (κ3) is 4.81. The van der Waals surface area contributed by atoms with Crippen LogP contribution in [0.4, 0.5) is 5.69 Å². The van der Waals surface area contributed by atoms with Crippen LogP contribution in [0.25, 0.3) is 0 Å². The maximum atomic E-state index is 13.0. The van der Waals surface area contributed by atoms with Crippen LogP contribution in [0.2, 0.25) is 0 Å². The van der Waals surface area contributed by atoms with Crippen molar-refractivity contribution in [3.63, 3.8) is 0 Å². The minimum Gasteiger partial charge on any atom is -0.373 e. The molecule has 3 aliphatic heterocycles. The summed E-state index contributed by atoms with van der Waals surface area (Å²) >= 11 is 0. The Kier molecular flexibility index (Phi) is 6.36. The fourth-order valence-corrected chi connectivity index (χ4v) is 6.58. The third-order valence-corrected chi connectivity index (χ3v) is 8.26. The maximum absolute atomic E-state index is 13.0. The zero-order valence-electron chi connectivity index (χ0n) is 18.0. The molecule has 3 fully saturated rings. The van der Waals surface area contributed by atoms with Crippen LogP contribution in [0.15, 0.2) is 24.3 Å². The van der Waals surface area contributed by atoms with Crippen LogP contribution in [0, 0.1) is 5.92 Å². The minimum absolute atomic E-state index is 0.000474. The molecular weight excluding hydrogens is 402 g/mol. The Labute approximate surface area is 180 Å². The van der Waals surface area contributed by atoms with Gasteiger partial charge < -0.3 is 9.64 Å². The zero-order valence-corrected chi connectivity index (χ0v) is 18.8. The summed E-state index contributed by atoms with van der Waals surface area (Å²) in [6.45, 7) is 9.30. The largest absolute Gasteiger partial charge is 0.373 e. The van der Waals surface area contributed by atoms with E-state index in [4.69, 9.17) is 4.74 Å². The zero-order chi connectivity index (χ0) is 21.3. The number of anilines is 1. The molecule has 166 valence electrons. The number of rotatable bonds is 4. The Hall–Kier alpha value is -1.64. The summed E-state index contributed by atoms with van der Waals surface area (Å²) in [5, 5.41) is 0. The Bertz CT molecular complexity index is 857. The quantitative estimate of drug-likeness (QED) is 0.725. The molecule has 0 bridgehead atoms. The number of hydrogen-bond donors (Lipinski definition) is 0. The van der Waals surface area contributed by atoms with Gasteiger partial charge >= 0.3 is 0 Å². The van der Waals surface area contributed by atoms with Crippen molar-refractivity contribution in [2.75, 3.05) is 49.3 Å². The topological polar surface area (TPSA) is 70.2 Å². The molecule has 1 amide bonds. The summed E-state index contributed by atoms with van der Waals surface area (Å²) < 4.78 is 31.7. The van der Waals surface area contributed by atoms with Crippen molar-refractivity contribution in [1.29, 1.82) is 0 Å². The average molecular weight is 436 g/mol. The summed E-state index contributed by atoms with van der Waals surface area (Å²) in [7, 11) is -3.24. The van der Waals surface area contributed by atoms with Gasteiger partial charge in [0, 0.05) is 44.8 Å². The number of hydrogen-bond acceptors (Lipinski definition) is 5. The van der Waals surface area contributed by atoms with Gasteiger partial charge in [-0.25, -0.2) is 8.42 Å². The molecule has 3 saturated heterocycles. The predicted molar refractivity (Wildman–Crippen MR) is 117 cm³/mol. The third-order valence-electron chi connectivity index (χ3n) is 6.39. The molecule has 0 radical (unpaired) electrons. The van der Waals surface area contributed by atoms with E-state index in [1.165, 1.54) is 4.31 Å². The van der Waals surface area contributed by atoms with Crippen molar-refractivity contribution in [1.82, 2.24) is 9.80 Å². The summed E-state index contributed by atoms with van der Waals surface area (Å²) in [6.07, 6.45) is 3.21. The van der Waals surface area contributed by atoms with Gasteiger partial charge in [-0.3, -0.25) is 14.0 Å². The van der Waals surface area contributed by atoms with Crippen LogP contribution in [0.3, 0.4) is 0 Å². The van der Waals surface area contributed by atoms with E-state index in [1.807, 2.05) is 4.90 Å². The van der Waals surface area contributed by atoms with E-state index < -0.39 is 10.0 Å². The lowest BCUT2D eigenvalue weighted by atomic mass is 9.95. The molecular formula is C22H33N3O4S. The van der Waals surface area contributed by atoms with E-state index in [0.717, 1.165) is 45.6 Å². The van der Waals surface area contributed by atoms with Gasteiger partial charge in [-0.1, -0.05) is 6.07 Å². The highest BCUT2D eigenvalue weighted by Gasteiger charge is 2.30. The smallest absolute Gasteiger partial charge is 0.253 e. The van der Waals surface area contributed by atoms with Gasteiger partial charge in [0.15, 0.2) is 0 Å². The van der Waals surface area contributed by atoms with Crippen LogP contribution in [-0.2, 0) is 14.8 Å². The molecule has 0 saturated carbocycles. The fourth-order valence-electron chi connectivity index (χ4n) is 5.02.